The van der Waals surface area contributed by atoms with E-state index < -0.39 is 0 Å². The van der Waals surface area contributed by atoms with Crippen molar-refractivity contribution >= 4 is 22.7 Å². The summed E-state index contributed by atoms with van der Waals surface area (Å²) in [6.45, 7) is 0.484. The number of hydrogen-bond acceptors (Lipinski definition) is 4. The highest BCUT2D eigenvalue weighted by Crippen LogP contribution is 2.30. The molecule has 1 aliphatic heterocycles. The molecule has 2 aliphatic rings. The second-order valence-electron chi connectivity index (χ2n) is 8.38. The summed E-state index contributed by atoms with van der Waals surface area (Å²) in [5.41, 5.74) is 3.77. The molecule has 31 heavy (non-hydrogen) atoms. The normalized spacial score (nSPS) is 17.3. The Bertz CT molecular complexity index is 961. The van der Waals surface area contributed by atoms with Gasteiger partial charge in [0, 0.05) is 28.9 Å². The molecule has 0 spiro atoms. The van der Waals surface area contributed by atoms with Crippen molar-refractivity contribution in [2.24, 2.45) is 4.99 Å². The smallest absolute Gasteiger partial charge is 0.223 e. The third-order valence-corrected chi connectivity index (χ3v) is 6.36. The van der Waals surface area contributed by atoms with E-state index in [1.54, 1.807) is 0 Å². The molecule has 1 aromatic heterocycles. The number of halogens is 1. The molecule has 0 atom stereocenters. The van der Waals surface area contributed by atoms with Crippen LogP contribution >= 0.6 is 11.6 Å². The number of fused-ring (bicyclic) bond motifs is 3. The first-order chi connectivity index (χ1) is 15.3. The average Bonchev–Trinajstić information content (AvgIpc) is 2.92. The second-order valence-corrected chi connectivity index (χ2v) is 8.74. The molecular weight excluding hydrogens is 404 g/mol. The van der Waals surface area contributed by atoms with Crippen molar-refractivity contribution in [3.63, 3.8) is 0 Å². The fraction of sp³-hybridized carbons (Fsp3) is 0.423. The Balaban J connectivity index is 1.67. The number of aromatic nitrogens is 2. The zero-order valence-corrected chi connectivity index (χ0v) is 18.8. The van der Waals surface area contributed by atoms with Gasteiger partial charge in [-0.15, -0.1) is 0 Å². The van der Waals surface area contributed by atoms with Gasteiger partial charge in [-0.25, -0.2) is 9.97 Å². The van der Waals surface area contributed by atoms with E-state index in [1.807, 2.05) is 48.7 Å². The number of anilines is 1. The maximum absolute atomic E-state index is 6.56. The zero-order valence-electron chi connectivity index (χ0n) is 18.1. The van der Waals surface area contributed by atoms with Crippen molar-refractivity contribution < 1.29 is 0 Å². The van der Waals surface area contributed by atoms with E-state index in [4.69, 9.17) is 16.6 Å². The van der Waals surface area contributed by atoms with Crippen molar-refractivity contribution in [1.29, 1.82) is 0 Å². The van der Waals surface area contributed by atoms with E-state index in [-0.39, 0.29) is 0 Å². The van der Waals surface area contributed by atoms with Crippen LogP contribution in [-0.2, 0) is 6.54 Å². The minimum atomic E-state index is 0.433. The van der Waals surface area contributed by atoms with Crippen LogP contribution in [0.4, 0.5) is 5.95 Å². The first-order valence-corrected chi connectivity index (χ1v) is 11.9. The van der Waals surface area contributed by atoms with Crippen LogP contribution in [0.25, 0.3) is 11.3 Å². The molecule has 1 fully saturated rings. The van der Waals surface area contributed by atoms with E-state index in [1.165, 1.54) is 57.8 Å². The molecule has 2 aromatic rings. The first kappa shape index (κ1) is 21.8. The Hall–Kier alpha value is -2.46. The number of hydrogen-bond donors (Lipinski definition) is 1. The second kappa shape index (κ2) is 11.2. The molecule has 1 aliphatic carbocycles. The predicted octanol–water partition coefficient (Wildman–Crippen LogP) is 7.07. The van der Waals surface area contributed by atoms with Crippen LogP contribution in [0.1, 0.15) is 68.9 Å². The van der Waals surface area contributed by atoms with E-state index >= 15 is 0 Å². The summed E-state index contributed by atoms with van der Waals surface area (Å²) in [5.74, 6) is 0.704. The predicted molar refractivity (Wildman–Crippen MR) is 130 cm³/mol. The molecule has 1 N–H and O–H groups in total. The van der Waals surface area contributed by atoms with E-state index in [9.17, 15) is 0 Å². The minimum absolute atomic E-state index is 0.433. The zero-order chi connectivity index (χ0) is 21.3. The van der Waals surface area contributed by atoms with Gasteiger partial charge >= 0.3 is 0 Å². The topological polar surface area (TPSA) is 50.2 Å². The summed E-state index contributed by atoms with van der Waals surface area (Å²) in [6.07, 6.45) is 13.6. The fourth-order valence-corrected chi connectivity index (χ4v) is 4.55. The standard InChI is InChI=1S/C26H31ClN4/c27-25-23-17-13-9-5-4-8-12-16-22(23)24-20(18-28-25)19-29-26(31-24)30-21-14-10-6-2-1-3-7-11-15-21/h4-5,8-9,12-13,16-17,19,21H,1-3,6-7,10-11,14-15,18H2,(H,29,30,31). The first-order valence-electron chi connectivity index (χ1n) is 11.6. The van der Waals surface area contributed by atoms with Crippen LogP contribution in [0.5, 0.6) is 0 Å². The van der Waals surface area contributed by atoms with Gasteiger partial charge in [-0.2, -0.15) is 0 Å². The Kier molecular flexibility index (Phi) is 7.89. The van der Waals surface area contributed by atoms with Gasteiger partial charge in [0.25, 0.3) is 0 Å². The SMILES string of the molecule is ClC1=NCc2cnc(NC3CCCCCCCCC3)nc2-c2ccccccccc21. The van der Waals surface area contributed by atoms with Crippen molar-refractivity contribution in [2.75, 3.05) is 5.32 Å². The minimum Gasteiger partial charge on any atom is -0.351 e. The molecule has 0 unspecified atom stereocenters. The molecule has 0 radical (unpaired) electrons. The molecule has 162 valence electrons. The van der Waals surface area contributed by atoms with Crippen LogP contribution in [0.2, 0.25) is 0 Å². The summed E-state index contributed by atoms with van der Waals surface area (Å²) >= 11 is 6.56. The number of nitrogens with one attached hydrogen (secondary N) is 1. The molecule has 4 nitrogen and oxygen atoms in total. The van der Waals surface area contributed by atoms with Gasteiger partial charge in [0.05, 0.1) is 12.2 Å². The lowest BCUT2D eigenvalue weighted by Crippen LogP contribution is -2.21. The average molecular weight is 435 g/mol. The summed E-state index contributed by atoms with van der Waals surface area (Å²) in [4.78, 5) is 14.2. The van der Waals surface area contributed by atoms with Crippen molar-refractivity contribution in [3.8, 4) is 11.3 Å². The molecule has 1 aromatic carbocycles. The third kappa shape index (κ3) is 6.04. The number of nitrogens with zero attached hydrogens (tertiary/aromatic N) is 3. The Morgan fingerprint density at radius 1 is 0.774 bits per heavy atom. The number of rotatable bonds is 2. The van der Waals surface area contributed by atoms with Gasteiger partial charge in [-0.3, -0.25) is 4.99 Å². The largest absolute Gasteiger partial charge is 0.351 e. The van der Waals surface area contributed by atoms with Gasteiger partial charge in [0.15, 0.2) is 0 Å². The molecule has 0 amide bonds. The summed E-state index contributed by atoms with van der Waals surface area (Å²) in [6, 6.07) is 16.5. The van der Waals surface area contributed by atoms with Crippen molar-refractivity contribution in [1.82, 2.24) is 9.97 Å². The van der Waals surface area contributed by atoms with Gasteiger partial charge in [-0.1, -0.05) is 105 Å². The molecule has 4 rings (SSSR count). The maximum atomic E-state index is 6.56. The van der Waals surface area contributed by atoms with Gasteiger partial charge in [0.1, 0.15) is 5.17 Å². The molecule has 2 heterocycles. The summed E-state index contributed by atoms with van der Waals surface area (Å²) in [5, 5.41) is 4.15. The highest BCUT2D eigenvalue weighted by molar-refractivity contribution is 6.70. The van der Waals surface area contributed by atoms with E-state index in [2.05, 4.69) is 21.4 Å². The van der Waals surface area contributed by atoms with E-state index in [0.29, 0.717) is 23.7 Å². The van der Waals surface area contributed by atoms with Crippen molar-refractivity contribution in [3.05, 3.63) is 65.9 Å². The van der Waals surface area contributed by atoms with Crippen LogP contribution < -0.4 is 5.32 Å². The van der Waals surface area contributed by atoms with Gasteiger partial charge < -0.3 is 5.32 Å². The molecule has 0 saturated heterocycles. The van der Waals surface area contributed by atoms with Gasteiger partial charge in [-0.05, 0) is 12.8 Å². The molecule has 0 bridgehead atoms. The third-order valence-electron chi connectivity index (χ3n) is 6.04. The molecule has 1 saturated carbocycles. The van der Waals surface area contributed by atoms with Crippen LogP contribution in [-0.4, -0.2) is 21.2 Å². The van der Waals surface area contributed by atoms with E-state index in [0.717, 1.165) is 22.4 Å². The lowest BCUT2D eigenvalue weighted by atomic mass is 9.97. The number of aliphatic imine (C=N–C) groups is 1. The Morgan fingerprint density at radius 2 is 1.39 bits per heavy atom. The Labute approximate surface area is 190 Å². The Morgan fingerprint density at radius 3 is 2.10 bits per heavy atom. The van der Waals surface area contributed by atoms with Gasteiger partial charge in [0.2, 0.25) is 5.95 Å². The van der Waals surface area contributed by atoms with Crippen molar-refractivity contribution in [2.45, 2.75) is 70.4 Å². The molecular formula is C26H31ClN4. The lowest BCUT2D eigenvalue weighted by Gasteiger charge is -2.20. The lowest BCUT2D eigenvalue weighted by molar-refractivity contribution is 0.475. The summed E-state index contributed by atoms with van der Waals surface area (Å²) in [7, 11) is 0. The monoisotopic (exact) mass is 434 g/mol. The van der Waals surface area contributed by atoms with Crippen LogP contribution in [0.3, 0.4) is 0 Å². The summed E-state index contributed by atoms with van der Waals surface area (Å²) < 4.78 is 0. The quantitative estimate of drug-likeness (QED) is 0.549. The highest BCUT2D eigenvalue weighted by atomic mass is 35.5. The molecule has 5 heteroatoms. The fourth-order valence-electron chi connectivity index (χ4n) is 4.33. The van der Waals surface area contributed by atoms with Crippen LogP contribution in [0.15, 0.2) is 59.7 Å². The van der Waals surface area contributed by atoms with Crippen LogP contribution in [0, 0.1) is 0 Å². The highest BCUT2D eigenvalue weighted by Gasteiger charge is 2.19. The maximum Gasteiger partial charge on any atom is 0.223 e.